The second-order valence-corrected chi connectivity index (χ2v) is 4.71. The van der Waals surface area contributed by atoms with Gasteiger partial charge in [-0.1, -0.05) is 12.1 Å². The second-order valence-electron chi connectivity index (χ2n) is 4.71. The maximum absolute atomic E-state index is 5.67. The smallest absolute Gasteiger partial charge is 0.213 e. The molecular formula is C16H17N3O. The van der Waals surface area contributed by atoms with Crippen molar-refractivity contribution in [2.24, 2.45) is 5.73 Å². The predicted octanol–water partition coefficient (Wildman–Crippen LogP) is 2.55. The summed E-state index contributed by atoms with van der Waals surface area (Å²) >= 11 is 0. The van der Waals surface area contributed by atoms with E-state index in [0.29, 0.717) is 12.4 Å². The van der Waals surface area contributed by atoms with Crippen molar-refractivity contribution in [1.82, 2.24) is 9.55 Å². The molecule has 102 valence electrons. The molecule has 4 heteroatoms. The van der Waals surface area contributed by atoms with Crippen LogP contribution in [0, 0.1) is 0 Å². The normalized spacial score (nSPS) is 10.9. The highest BCUT2D eigenvalue weighted by Gasteiger charge is 2.04. The van der Waals surface area contributed by atoms with Crippen LogP contribution in [0.2, 0.25) is 0 Å². The lowest BCUT2D eigenvalue weighted by atomic mass is 10.1. The summed E-state index contributed by atoms with van der Waals surface area (Å²) in [7, 11) is 1.63. The molecule has 1 aromatic carbocycles. The number of aromatic nitrogens is 2. The average molecular weight is 267 g/mol. The van der Waals surface area contributed by atoms with Crippen LogP contribution in [0.15, 0.2) is 48.7 Å². The van der Waals surface area contributed by atoms with E-state index in [4.69, 9.17) is 10.5 Å². The first-order valence-electron chi connectivity index (χ1n) is 6.58. The maximum Gasteiger partial charge on any atom is 0.213 e. The molecule has 0 aliphatic rings. The summed E-state index contributed by atoms with van der Waals surface area (Å²) in [5.74, 6) is 0.643. The second kappa shape index (κ2) is 5.35. The van der Waals surface area contributed by atoms with Crippen LogP contribution in [0.1, 0.15) is 11.3 Å². The summed E-state index contributed by atoms with van der Waals surface area (Å²) in [6, 6.07) is 14.2. The van der Waals surface area contributed by atoms with Crippen molar-refractivity contribution >= 4 is 10.9 Å². The summed E-state index contributed by atoms with van der Waals surface area (Å²) in [4.78, 5) is 4.44. The number of methoxy groups -OCH3 is 1. The minimum atomic E-state index is 0.568. The lowest BCUT2D eigenvalue weighted by Crippen LogP contribution is -2.01. The lowest BCUT2D eigenvalue weighted by Gasteiger charge is -2.07. The number of hydrogen-bond acceptors (Lipinski definition) is 3. The highest BCUT2D eigenvalue weighted by Crippen LogP contribution is 2.19. The Kier molecular flexibility index (Phi) is 3.39. The molecule has 0 aliphatic carbocycles. The van der Waals surface area contributed by atoms with Gasteiger partial charge >= 0.3 is 0 Å². The van der Waals surface area contributed by atoms with Crippen molar-refractivity contribution in [3.63, 3.8) is 0 Å². The first-order valence-corrected chi connectivity index (χ1v) is 6.58. The number of nitrogens with two attached hydrogens (primary N) is 1. The molecule has 0 atom stereocenters. The Morgan fingerprint density at radius 2 is 2.10 bits per heavy atom. The minimum Gasteiger partial charge on any atom is -0.481 e. The van der Waals surface area contributed by atoms with Gasteiger partial charge in [-0.05, 0) is 35.2 Å². The van der Waals surface area contributed by atoms with Gasteiger partial charge in [-0.2, -0.15) is 0 Å². The fourth-order valence-corrected chi connectivity index (χ4v) is 2.35. The molecule has 2 N–H and O–H groups in total. The Balaban J connectivity index is 1.94. The van der Waals surface area contributed by atoms with Crippen molar-refractivity contribution in [2.45, 2.75) is 13.1 Å². The first kappa shape index (κ1) is 12.7. The van der Waals surface area contributed by atoms with Crippen LogP contribution in [0.4, 0.5) is 0 Å². The van der Waals surface area contributed by atoms with Crippen LogP contribution in [-0.4, -0.2) is 16.7 Å². The van der Waals surface area contributed by atoms with Crippen molar-refractivity contribution in [2.75, 3.05) is 7.11 Å². The van der Waals surface area contributed by atoms with Gasteiger partial charge < -0.3 is 15.0 Å². The summed E-state index contributed by atoms with van der Waals surface area (Å²) in [5.41, 5.74) is 8.98. The van der Waals surface area contributed by atoms with E-state index in [2.05, 4.69) is 40.0 Å². The maximum atomic E-state index is 5.67. The van der Waals surface area contributed by atoms with Gasteiger partial charge in [0.05, 0.1) is 19.3 Å². The summed E-state index contributed by atoms with van der Waals surface area (Å²) < 4.78 is 7.34. The number of ether oxygens (including phenoxy) is 1. The summed E-state index contributed by atoms with van der Waals surface area (Å²) in [6.45, 7) is 1.29. The molecule has 0 fully saturated rings. The van der Waals surface area contributed by atoms with Crippen molar-refractivity contribution in [3.05, 3.63) is 59.9 Å². The molecule has 2 aromatic heterocycles. The number of nitrogens with zero attached hydrogens (tertiary/aromatic N) is 2. The van der Waals surface area contributed by atoms with E-state index >= 15 is 0 Å². The monoisotopic (exact) mass is 267 g/mol. The standard InChI is InChI=1S/C16H17N3O/c1-20-16-4-2-3-14(18-16)11-19-8-7-13-9-12(10-17)5-6-15(13)19/h2-9H,10-11,17H2,1H3. The predicted molar refractivity (Wildman–Crippen MR) is 79.7 cm³/mol. The number of fused-ring (bicyclic) bond motifs is 1. The van der Waals surface area contributed by atoms with Gasteiger partial charge in [-0.25, -0.2) is 4.98 Å². The van der Waals surface area contributed by atoms with Gasteiger partial charge in [0.1, 0.15) is 0 Å². The van der Waals surface area contributed by atoms with Gasteiger partial charge in [-0.15, -0.1) is 0 Å². The van der Waals surface area contributed by atoms with Crippen molar-refractivity contribution in [3.8, 4) is 5.88 Å². The Hall–Kier alpha value is -2.33. The summed E-state index contributed by atoms with van der Waals surface area (Å²) in [6.07, 6.45) is 2.08. The van der Waals surface area contributed by atoms with Crippen LogP contribution in [-0.2, 0) is 13.1 Å². The van der Waals surface area contributed by atoms with E-state index in [1.165, 1.54) is 10.9 Å². The van der Waals surface area contributed by atoms with E-state index < -0.39 is 0 Å². The third-order valence-corrected chi connectivity index (χ3v) is 3.39. The Morgan fingerprint density at radius 1 is 1.20 bits per heavy atom. The number of rotatable bonds is 4. The third kappa shape index (κ3) is 2.38. The molecule has 2 heterocycles. The van der Waals surface area contributed by atoms with Crippen molar-refractivity contribution in [1.29, 1.82) is 0 Å². The molecular weight excluding hydrogens is 250 g/mol. The highest BCUT2D eigenvalue weighted by atomic mass is 16.5. The van der Waals surface area contributed by atoms with Crippen LogP contribution < -0.4 is 10.5 Å². The first-order chi connectivity index (χ1) is 9.80. The zero-order valence-electron chi connectivity index (χ0n) is 11.4. The molecule has 20 heavy (non-hydrogen) atoms. The molecule has 4 nitrogen and oxygen atoms in total. The van der Waals surface area contributed by atoms with Crippen LogP contribution in [0.5, 0.6) is 5.88 Å². The molecule has 3 aromatic rings. The third-order valence-electron chi connectivity index (χ3n) is 3.39. The fourth-order valence-electron chi connectivity index (χ4n) is 2.35. The van der Waals surface area contributed by atoms with E-state index in [-0.39, 0.29) is 0 Å². The van der Waals surface area contributed by atoms with E-state index in [1.54, 1.807) is 7.11 Å². The van der Waals surface area contributed by atoms with E-state index in [0.717, 1.165) is 17.8 Å². The average Bonchev–Trinajstić information content (AvgIpc) is 2.89. The van der Waals surface area contributed by atoms with Gasteiger partial charge in [-0.3, -0.25) is 0 Å². The number of pyridine rings is 1. The van der Waals surface area contributed by atoms with Crippen LogP contribution in [0.3, 0.4) is 0 Å². The summed E-state index contributed by atoms with van der Waals surface area (Å²) in [5, 5.41) is 1.20. The molecule has 0 saturated heterocycles. The minimum absolute atomic E-state index is 0.568. The van der Waals surface area contributed by atoms with Gasteiger partial charge in [0.2, 0.25) is 5.88 Å². The Morgan fingerprint density at radius 3 is 2.90 bits per heavy atom. The van der Waals surface area contributed by atoms with Gasteiger partial charge in [0.25, 0.3) is 0 Å². The molecule has 0 aliphatic heterocycles. The zero-order chi connectivity index (χ0) is 13.9. The largest absolute Gasteiger partial charge is 0.481 e. The van der Waals surface area contributed by atoms with E-state index in [1.807, 2.05) is 18.2 Å². The SMILES string of the molecule is COc1cccc(Cn2ccc3cc(CN)ccc32)n1. The quantitative estimate of drug-likeness (QED) is 0.790. The van der Waals surface area contributed by atoms with Crippen molar-refractivity contribution < 1.29 is 4.74 Å². The van der Waals surface area contributed by atoms with E-state index in [9.17, 15) is 0 Å². The number of benzene rings is 1. The molecule has 0 radical (unpaired) electrons. The fraction of sp³-hybridized carbons (Fsp3) is 0.188. The van der Waals surface area contributed by atoms with Crippen LogP contribution >= 0.6 is 0 Å². The Labute approximate surface area is 117 Å². The topological polar surface area (TPSA) is 53.1 Å². The Bertz CT molecular complexity index is 733. The van der Waals surface area contributed by atoms with Gasteiger partial charge in [0, 0.05) is 24.3 Å². The van der Waals surface area contributed by atoms with Gasteiger partial charge in [0.15, 0.2) is 0 Å². The highest BCUT2D eigenvalue weighted by molar-refractivity contribution is 5.81. The molecule has 0 spiro atoms. The number of hydrogen-bond donors (Lipinski definition) is 1. The molecule has 0 amide bonds. The molecule has 0 unspecified atom stereocenters. The molecule has 0 saturated carbocycles. The lowest BCUT2D eigenvalue weighted by molar-refractivity contribution is 0.396. The van der Waals surface area contributed by atoms with Crippen LogP contribution in [0.25, 0.3) is 10.9 Å². The molecule has 3 rings (SSSR count). The molecule has 0 bridgehead atoms. The zero-order valence-corrected chi connectivity index (χ0v) is 11.4.